The molecule has 0 atom stereocenters. The van der Waals surface area contributed by atoms with Gasteiger partial charge in [-0.15, -0.1) is 0 Å². The van der Waals surface area contributed by atoms with E-state index in [0.717, 1.165) is 10.9 Å². The van der Waals surface area contributed by atoms with Crippen LogP contribution in [0.5, 0.6) is 0 Å². The van der Waals surface area contributed by atoms with Crippen LogP contribution in [0.25, 0.3) is 21.7 Å². The predicted molar refractivity (Wildman–Crippen MR) is 107 cm³/mol. The smallest absolute Gasteiger partial charge is 0.271 e. The predicted octanol–water partition coefficient (Wildman–Crippen LogP) is 4.20. The third-order valence-electron chi connectivity index (χ3n) is 4.38. The van der Waals surface area contributed by atoms with E-state index in [-0.39, 0.29) is 17.9 Å². The van der Waals surface area contributed by atoms with Crippen LogP contribution >= 0.6 is 0 Å². The highest BCUT2D eigenvalue weighted by molar-refractivity contribution is 6.05. The van der Waals surface area contributed by atoms with Gasteiger partial charge in [0.25, 0.3) is 11.2 Å². The third kappa shape index (κ3) is 3.38. The summed E-state index contributed by atoms with van der Waals surface area (Å²) in [6, 6.07) is 20.7. The second-order valence-electron chi connectivity index (χ2n) is 6.17. The highest BCUT2D eigenvalue weighted by atomic mass is 16.6. The Morgan fingerprint density at radius 2 is 1.54 bits per heavy atom. The Balaban J connectivity index is 1.70. The summed E-state index contributed by atoms with van der Waals surface area (Å²) in [5.41, 5.74) is 4.64. The van der Waals surface area contributed by atoms with E-state index in [1.165, 1.54) is 12.1 Å². The average molecular weight is 373 g/mol. The molecule has 0 unspecified atom stereocenters. The summed E-state index contributed by atoms with van der Waals surface area (Å²) in [6.45, 7) is 0.191. The molecule has 0 aliphatic carbocycles. The van der Waals surface area contributed by atoms with Crippen LogP contribution < -0.4 is 11.0 Å². The maximum atomic E-state index is 12.5. The molecule has 3 aromatic carbocycles. The van der Waals surface area contributed by atoms with E-state index in [2.05, 4.69) is 10.5 Å². The molecule has 138 valence electrons. The van der Waals surface area contributed by atoms with Crippen molar-refractivity contribution in [1.29, 1.82) is 0 Å². The number of hydrogen-bond acceptors (Lipinski definition) is 6. The molecule has 0 spiro atoms. The molecule has 1 N–H and O–H groups in total. The van der Waals surface area contributed by atoms with Crippen molar-refractivity contribution >= 4 is 33.1 Å². The van der Waals surface area contributed by atoms with Gasteiger partial charge in [0.05, 0.1) is 28.1 Å². The lowest BCUT2D eigenvalue weighted by molar-refractivity contribution is -0.384. The molecular formula is C21H15N3O4. The van der Waals surface area contributed by atoms with E-state index in [9.17, 15) is 14.9 Å². The van der Waals surface area contributed by atoms with Crippen LogP contribution in [0.3, 0.4) is 0 Å². The number of nitrogens with zero attached hydrogens (tertiary/aromatic N) is 2. The van der Waals surface area contributed by atoms with Crippen LogP contribution in [-0.4, -0.2) is 9.91 Å². The number of hydrogen-bond donors (Lipinski definition) is 1. The number of non-ortho nitro benzene ring substituents is 1. The van der Waals surface area contributed by atoms with Crippen LogP contribution in [-0.2, 0) is 11.4 Å². The summed E-state index contributed by atoms with van der Waals surface area (Å²) < 4.78 is 0. The number of nitro benzene ring substituents is 1. The minimum Gasteiger partial charge on any atom is -0.271 e. The standard InChI is InChI=1S/C21H15N3O4/c25-21-17-6-2-1-5-16(17)20(18-7-3-4-8-19(18)22-21)23-28-13-14-9-11-15(12-10-14)24(26)27/h1-12,23H,13H2. The summed E-state index contributed by atoms with van der Waals surface area (Å²) in [4.78, 5) is 32.7. The van der Waals surface area contributed by atoms with Crippen molar-refractivity contribution in [1.82, 2.24) is 4.98 Å². The average Bonchev–Trinajstić information content (AvgIpc) is 2.83. The molecule has 7 nitrogen and oxygen atoms in total. The Hall–Kier alpha value is -3.84. The molecule has 0 bridgehead atoms. The molecule has 0 amide bonds. The SMILES string of the molecule is O=c1nc2ccccc2c(NOCc2ccc([N+](=O)[O-])cc2)c2ccccc12. The Kier molecular flexibility index (Phi) is 4.65. The highest BCUT2D eigenvalue weighted by Crippen LogP contribution is 2.28. The van der Waals surface area contributed by atoms with Crippen molar-refractivity contribution in [3.63, 3.8) is 0 Å². The molecule has 0 radical (unpaired) electrons. The first-order chi connectivity index (χ1) is 13.6. The van der Waals surface area contributed by atoms with E-state index >= 15 is 0 Å². The van der Waals surface area contributed by atoms with Crippen molar-refractivity contribution in [2.75, 3.05) is 5.48 Å². The third-order valence-corrected chi connectivity index (χ3v) is 4.38. The van der Waals surface area contributed by atoms with Crippen LogP contribution in [0.2, 0.25) is 0 Å². The molecule has 28 heavy (non-hydrogen) atoms. The lowest BCUT2D eigenvalue weighted by Gasteiger charge is -2.10. The van der Waals surface area contributed by atoms with Gasteiger partial charge in [0.15, 0.2) is 0 Å². The Morgan fingerprint density at radius 3 is 2.25 bits per heavy atom. The molecule has 1 heterocycles. The number of aromatic nitrogens is 1. The fourth-order valence-electron chi connectivity index (χ4n) is 3.00. The topological polar surface area (TPSA) is 94.4 Å². The maximum Gasteiger partial charge on any atom is 0.278 e. The second kappa shape index (κ2) is 7.42. The first kappa shape index (κ1) is 17.6. The quantitative estimate of drug-likeness (QED) is 0.416. The number of fused-ring (bicyclic) bond motifs is 2. The van der Waals surface area contributed by atoms with E-state index in [0.29, 0.717) is 22.0 Å². The van der Waals surface area contributed by atoms with Gasteiger partial charge in [-0.05, 0) is 29.8 Å². The van der Waals surface area contributed by atoms with Crippen molar-refractivity contribution in [2.24, 2.45) is 0 Å². The molecule has 4 rings (SSSR count). The van der Waals surface area contributed by atoms with Gasteiger partial charge >= 0.3 is 0 Å². The number of anilines is 1. The van der Waals surface area contributed by atoms with Crippen LogP contribution in [0.15, 0.2) is 77.6 Å². The molecule has 0 aliphatic heterocycles. The monoisotopic (exact) mass is 373 g/mol. The molecule has 1 aromatic heterocycles. The first-order valence-electron chi connectivity index (χ1n) is 8.56. The maximum absolute atomic E-state index is 12.5. The number of nitrogens with one attached hydrogen (secondary N) is 1. The zero-order chi connectivity index (χ0) is 19.5. The second-order valence-corrected chi connectivity index (χ2v) is 6.17. The summed E-state index contributed by atoms with van der Waals surface area (Å²) in [5.74, 6) is 0. The van der Waals surface area contributed by atoms with Crippen molar-refractivity contribution in [2.45, 2.75) is 6.61 Å². The summed E-state index contributed by atoms with van der Waals surface area (Å²) >= 11 is 0. The van der Waals surface area contributed by atoms with Gasteiger partial charge in [-0.3, -0.25) is 25.2 Å². The number of benzene rings is 3. The molecule has 0 fully saturated rings. The highest BCUT2D eigenvalue weighted by Gasteiger charge is 2.10. The fraction of sp³-hybridized carbons (Fsp3) is 0.0476. The largest absolute Gasteiger partial charge is 0.278 e. The molecule has 0 saturated heterocycles. The van der Waals surface area contributed by atoms with Gasteiger partial charge in [-0.1, -0.05) is 36.4 Å². The normalized spacial score (nSPS) is 10.9. The molecule has 0 saturated carbocycles. The Bertz CT molecular complexity index is 1240. The number of para-hydroxylation sites is 1. The molecule has 7 heteroatoms. The fourth-order valence-corrected chi connectivity index (χ4v) is 3.00. The summed E-state index contributed by atoms with van der Waals surface area (Å²) in [7, 11) is 0. The Labute approximate surface area is 159 Å². The number of rotatable bonds is 5. The van der Waals surface area contributed by atoms with E-state index in [1.807, 2.05) is 30.3 Å². The van der Waals surface area contributed by atoms with E-state index in [1.54, 1.807) is 30.3 Å². The van der Waals surface area contributed by atoms with E-state index < -0.39 is 4.92 Å². The minimum atomic E-state index is -0.446. The van der Waals surface area contributed by atoms with Crippen molar-refractivity contribution < 1.29 is 9.76 Å². The first-order valence-corrected chi connectivity index (χ1v) is 8.56. The molecule has 4 aromatic rings. The van der Waals surface area contributed by atoms with Gasteiger partial charge in [0.1, 0.15) is 0 Å². The lowest BCUT2D eigenvalue weighted by atomic mass is 10.1. The zero-order valence-electron chi connectivity index (χ0n) is 14.7. The summed E-state index contributed by atoms with van der Waals surface area (Å²) in [6.07, 6.45) is 0. The van der Waals surface area contributed by atoms with Gasteiger partial charge in [0, 0.05) is 22.9 Å². The zero-order valence-corrected chi connectivity index (χ0v) is 14.7. The van der Waals surface area contributed by atoms with Gasteiger partial charge in [-0.25, -0.2) is 4.98 Å². The van der Waals surface area contributed by atoms with Crippen LogP contribution in [0.1, 0.15) is 5.56 Å². The summed E-state index contributed by atoms with van der Waals surface area (Å²) in [5, 5.41) is 12.7. The van der Waals surface area contributed by atoms with Crippen molar-refractivity contribution in [3.8, 4) is 0 Å². The molecular weight excluding hydrogens is 358 g/mol. The van der Waals surface area contributed by atoms with Crippen LogP contribution in [0, 0.1) is 10.1 Å². The van der Waals surface area contributed by atoms with Crippen LogP contribution in [0.4, 0.5) is 11.4 Å². The molecule has 0 aliphatic rings. The minimum absolute atomic E-state index is 0.0258. The van der Waals surface area contributed by atoms with E-state index in [4.69, 9.17) is 4.84 Å². The van der Waals surface area contributed by atoms with Gasteiger partial charge in [-0.2, -0.15) is 0 Å². The van der Waals surface area contributed by atoms with Gasteiger partial charge in [0.2, 0.25) is 0 Å². The Morgan fingerprint density at radius 1 is 0.893 bits per heavy atom. The van der Waals surface area contributed by atoms with Gasteiger partial charge < -0.3 is 0 Å². The van der Waals surface area contributed by atoms with Crippen molar-refractivity contribution in [3.05, 3.63) is 98.8 Å². The number of nitro groups is 1. The lowest BCUT2D eigenvalue weighted by Crippen LogP contribution is -2.03.